The second kappa shape index (κ2) is 3.26. The van der Waals surface area contributed by atoms with Crippen LogP contribution >= 0.6 is 0 Å². The number of nitrogens with zero attached hydrogens (tertiary/aromatic N) is 2. The van der Waals surface area contributed by atoms with Crippen LogP contribution in [0.4, 0.5) is 0 Å². The number of furan rings is 1. The van der Waals surface area contributed by atoms with Crippen molar-refractivity contribution in [2.24, 2.45) is 0 Å². The zero-order chi connectivity index (χ0) is 9.10. The van der Waals surface area contributed by atoms with Gasteiger partial charge in [-0.25, -0.2) is 9.97 Å². The fraction of sp³-hybridized carbons (Fsp3) is 0.111. The molecule has 0 amide bonds. The van der Waals surface area contributed by atoms with Crippen LogP contribution < -0.4 is 4.74 Å². The van der Waals surface area contributed by atoms with Gasteiger partial charge in [0.25, 0.3) is 0 Å². The van der Waals surface area contributed by atoms with Crippen LogP contribution in [-0.4, -0.2) is 17.1 Å². The van der Waals surface area contributed by atoms with E-state index in [9.17, 15) is 0 Å². The van der Waals surface area contributed by atoms with Gasteiger partial charge in [-0.3, -0.25) is 0 Å². The maximum atomic E-state index is 5.15. The molecule has 0 fully saturated rings. The van der Waals surface area contributed by atoms with Crippen molar-refractivity contribution in [2.75, 3.05) is 7.11 Å². The molecule has 4 heteroatoms. The Hall–Kier alpha value is -1.84. The number of hydrogen-bond acceptors (Lipinski definition) is 4. The molecule has 0 bridgehead atoms. The van der Waals surface area contributed by atoms with Crippen LogP contribution in [0.15, 0.2) is 35.2 Å². The number of hydrogen-bond donors (Lipinski definition) is 0. The standard InChI is InChI=1S/C9H8N2O2/c1-12-9-6-10-7(5-11-9)8-3-2-4-13-8/h2-6H,1H3. The molecule has 0 aliphatic rings. The van der Waals surface area contributed by atoms with Crippen LogP contribution in [0.1, 0.15) is 0 Å². The highest BCUT2D eigenvalue weighted by atomic mass is 16.5. The van der Waals surface area contributed by atoms with E-state index in [0.717, 1.165) is 0 Å². The summed E-state index contributed by atoms with van der Waals surface area (Å²) in [5.41, 5.74) is 0.700. The smallest absolute Gasteiger partial charge is 0.232 e. The molecule has 2 aromatic rings. The Balaban J connectivity index is 2.33. The Bertz CT molecular complexity index is 367. The fourth-order valence-electron chi connectivity index (χ4n) is 0.973. The zero-order valence-corrected chi connectivity index (χ0v) is 7.10. The minimum Gasteiger partial charge on any atom is -0.480 e. The Morgan fingerprint density at radius 1 is 1.31 bits per heavy atom. The molecule has 0 saturated heterocycles. The second-order valence-electron chi connectivity index (χ2n) is 2.42. The minimum absolute atomic E-state index is 0.496. The van der Waals surface area contributed by atoms with Gasteiger partial charge in [0, 0.05) is 0 Å². The lowest BCUT2D eigenvalue weighted by Gasteiger charge is -1.97. The van der Waals surface area contributed by atoms with Gasteiger partial charge in [0.2, 0.25) is 5.88 Å². The Kier molecular flexibility index (Phi) is 1.96. The van der Waals surface area contributed by atoms with Crippen molar-refractivity contribution in [1.82, 2.24) is 9.97 Å². The summed E-state index contributed by atoms with van der Waals surface area (Å²) >= 11 is 0. The van der Waals surface area contributed by atoms with E-state index < -0.39 is 0 Å². The van der Waals surface area contributed by atoms with Gasteiger partial charge in [-0.15, -0.1) is 0 Å². The molecule has 66 valence electrons. The summed E-state index contributed by atoms with van der Waals surface area (Å²) in [5.74, 6) is 1.20. The summed E-state index contributed by atoms with van der Waals surface area (Å²) in [6, 6.07) is 3.64. The normalized spacial score (nSPS) is 9.92. The van der Waals surface area contributed by atoms with E-state index in [1.54, 1.807) is 31.8 Å². The molecule has 0 aliphatic carbocycles. The van der Waals surface area contributed by atoms with E-state index in [-0.39, 0.29) is 0 Å². The van der Waals surface area contributed by atoms with E-state index >= 15 is 0 Å². The molecule has 0 atom stereocenters. The summed E-state index contributed by atoms with van der Waals surface area (Å²) < 4.78 is 10.0. The molecule has 0 aliphatic heterocycles. The van der Waals surface area contributed by atoms with Crippen LogP contribution in [0.2, 0.25) is 0 Å². The molecule has 0 N–H and O–H groups in total. The first-order valence-corrected chi connectivity index (χ1v) is 3.80. The number of ether oxygens (including phenoxy) is 1. The highest BCUT2D eigenvalue weighted by molar-refractivity contribution is 5.49. The van der Waals surface area contributed by atoms with Crippen molar-refractivity contribution < 1.29 is 9.15 Å². The van der Waals surface area contributed by atoms with Crippen molar-refractivity contribution in [3.05, 3.63) is 30.8 Å². The van der Waals surface area contributed by atoms with Crippen LogP contribution in [0.3, 0.4) is 0 Å². The molecule has 0 spiro atoms. The summed E-state index contributed by atoms with van der Waals surface area (Å²) in [5, 5.41) is 0. The highest BCUT2D eigenvalue weighted by Gasteiger charge is 2.02. The molecule has 2 aromatic heterocycles. The lowest BCUT2D eigenvalue weighted by Crippen LogP contribution is -1.89. The van der Waals surface area contributed by atoms with Gasteiger partial charge in [-0.2, -0.15) is 0 Å². The molecule has 0 radical (unpaired) electrons. The quantitative estimate of drug-likeness (QED) is 0.699. The largest absolute Gasteiger partial charge is 0.480 e. The molecule has 13 heavy (non-hydrogen) atoms. The van der Waals surface area contributed by atoms with Gasteiger partial charge in [0.1, 0.15) is 5.69 Å². The number of aromatic nitrogens is 2. The van der Waals surface area contributed by atoms with Crippen molar-refractivity contribution in [2.45, 2.75) is 0 Å². The number of rotatable bonds is 2. The van der Waals surface area contributed by atoms with E-state index in [0.29, 0.717) is 17.3 Å². The third-order valence-electron chi connectivity index (χ3n) is 1.61. The molecule has 0 unspecified atom stereocenters. The molecule has 2 rings (SSSR count). The Labute approximate surface area is 75.2 Å². The monoisotopic (exact) mass is 176 g/mol. The van der Waals surface area contributed by atoms with Crippen molar-refractivity contribution >= 4 is 0 Å². The van der Waals surface area contributed by atoms with Gasteiger partial charge >= 0.3 is 0 Å². The molecular formula is C9H8N2O2. The Morgan fingerprint density at radius 2 is 2.23 bits per heavy atom. The van der Waals surface area contributed by atoms with Gasteiger partial charge in [-0.1, -0.05) is 0 Å². The topological polar surface area (TPSA) is 48.2 Å². The molecule has 4 nitrogen and oxygen atoms in total. The van der Waals surface area contributed by atoms with Gasteiger partial charge in [-0.05, 0) is 12.1 Å². The first-order valence-electron chi connectivity index (χ1n) is 3.80. The molecular weight excluding hydrogens is 168 g/mol. The minimum atomic E-state index is 0.496. The third kappa shape index (κ3) is 1.51. The summed E-state index contributed by atoms with van der Waals surface area (Å²) in [7, 11) is 1.55. The average Bonchev–Trinajstić information content (AvgIpc) is 2.71. The first kappa shape index (κ1) is 7.79. The van der Waals surface area contributed by atoms with E-state index in [4.69, 9.17) is 9.15 Å². The molecule has 0 saturated carbocycles. The predicted molar refractivity (Wildman–Crippen MR) is 46.3 cm³/mol. The maximum absolute atomic E-state index is 5.15. The van der Waals surface area contributed by atoms with Crippen LogP contribution in [0, 0.1) is 0 Å². The predicted octanol–water partition coefficient (Wildman–Crippen LogP) is 1.75. The van der Waals surface area contributed by atoms with E-state index in [1.807, 2.05) is 6.07 Å². The fourth-order valence-corrected chi connectivity index (χ4v) is 0.973. The summed E-state index contributed by atoms with van der Waals surface area (Å²) in [6.07, 6.45) is 4.76. The summed E-state index contributed by atoms with van der Waals surface area (Å²) in [4.78, 5) is 8.12. The van der Waals surface area contributed by atoms with Crippen molar-refractivity contribution in [3.8, 4) is 17.3 Å². The number of methoxy groups -OCH3 is 1. The van der Waals surface area contributed by atoms with Crippen molar-refractivity contribution in [3.63, 3.8) is 0 Å². The average molecular weight is 176 g/mol. The lowest BCUT2D eigenvalue weighted by molar-refractivity contribution is 0.395. The SMILES string of the molecule is COc1cnc(-c2ccco2)cn1. The summed E-state index contributed by atoms with van der Waals surface area (Å²) in [6.45, 7) is 0. The zero-order valence-electron chi connectivity index (χ0n) is 7.10. The lowest BCUT2D eigenvalue weighted by atomic mass is 10.3. The van der Waals surface area contributed by atoms with Crippen LogP contribution in [0.25, 0.3) is 11.5 Å². The van der Waals surface area contributed by atoms with Gasteiger partial charge in [0.15, 0.2) is 5.76 Å². The first-order chi connectivity index (χ1) is 6.40. The molecule has 0 aromatic carbocycles. The van der Waals surface area contributed by atoms with Gasteiger partial charge in [0.05, 0.1) is 25.8 Å². The van der Waals surface area contributed by atoms with Crippen LogP contribution in [0.5, 0.6) is 5.88 Å². The third-order valence-corrected chi connectivity index (χ3v) is 1.61. The second-order valence-corrected chi connectivity index (χ2v) is 2.42. The molecule has 2 heterocycles. The van der Waals surface area contributed by atoms with Crippen LogP contribution in [-0.2, 0) is 0 Å². The van der Waals surface area contributed by atoms with E-state index in [1.165, 1.54) is 0 Å². The van der Waals surface area contributed by atoms with Crippen molar-refractivity contribution in [1.29, 1.82) is 0 Å². The van der Waals surface area contributed by atoms with E-state index in [2.05, 4.69) is 9.97 Å². The highest BCUT2D eigenvalue weighted by Crippen LogP contribution is 2.16. The maximum Gasteiger partial charge on any atom is 0.232 e. The van der Waals surface area contributed by atoms with Gasteiger partial charge < -0.3 is 9.15 Å². The Morgan fingerprint density at radius 3 is 2.77 bits per heavy atom.